The van der Waals surface area contributed by atoms with Gasteiger partial charge in [0, 0.05) is 17.1 Å². The van der Waals surface area contributed by atoms with E-state index in [9.17, 15) is 0 Å². The van der Waals surface area contributed by atoms with Crippen LogP contribution in [0.4, 0.5) is 0 Å². The zero-order chi connectivity index (χ0) is 12.8. The summed E-state index contributed by atoms with van der Waals surface area (Å²) in [6.07, 6.45) is 5.36. The van der Waals surface area contributed by atoms with Crippen LogP contribution in [-0.2, 0) is 6.54 Å². The van der Waals surface area contributed by atoms with Crippen molar-refractivity contribution in [2.75, 3.05) is 20.1 Å². The van der Waals surface area contributed by atoms with Crippen LogP contribution < -0.4 is 5.32 Å². The second-order valence-electron chi connectivity index (χ2n) is 5.30. The maximum absolute atomic E-state index is 3.56. The summed E-state index contributed by atoms with van der Waals surface area (Å²) in [6.45, 7) is 3.42. The van der Waals surface area contributed by atoms with Crippen molar-refractivity contribution < 1.29 is 0 Å². The summed E-state index contributed by atoms with van der Waals surface area (Å²) in [5.41, 5.74) is 1.39. The van der Waals surface area contributed by atoms with Gasteiger partial charge in [0.25, 0.3) is 0 Å². The monoisotopic (exact) mass is 310 g/mol. The SMILES string of the molecule is CN(CCCCNC1CC1)Cc1ccc(Br)cc1. The molecule has 0 aromatic heterocycles. The molecule has 1 aliphatic rings. The van der Waals surface area contributed by atoms with Crippen LogP contribution >= 0.6 is 15.9 Å². The first-order chi connectivity index (χ1) is 8.74. The Morgan fingerprint density at radius 3 is 2.61 bits per heavy atom. The van der Waals surface area contributed by atoms with Gasteiger partial charge in [0.1, 0.15) is 0 Å². The highest BCUT2D eigenvalue weighted by Gasteiger charge is 2.19. The number of nitrogens with one attached hydrogen (secondary N) is 1. The Morgan fingerprint density at radius 1 is 1.22 bits per heavy atom. The molecule has 0 amide bonds. The second kappa shape index (κ2) is 7.27. The molecule has 1 aromatic carbocycles. The molecule has 1 aromatic rings. The Balaban J connectivity index is 1.56. The van der Waals surface area contributed by atoms with E-state index in [0.29, 0.717) is 0 Å². The molecule has 0 unspecified atom stereocenters. The first kappa shape index (κ1) is 14.0. The van der Waals surface area contributed by atoms with Crippen molar-refractivity contribution in [3.05, 3.63) is 34.3 Å². The van der Waals surface area contributed by atoms with Crippen LogP contribution in [0.1, 0.15) is 31.2 Å². The molecule has 100 valence electrons. The van der Waals surface area contributed by atoms with Crippen LogP contribution in [0.5, 0.6) is 0 Å². The lowest BCUT2D eigenvalue weighted by Crippen LogP contribution is -2.22. The highest BCUT2D eigenvalue weighted by atomic mass is 79.9. The molecule has 2 nitrogen and oxygen atoms in total. The van der Waals surface area contributed by atoms with E-state index in [-0.39, 0.29) is 0 Å². The zero-order valence-electron chi connectivity index (χ0n) is 11.2. The first-order valence-corrected chi connectivity index (χ1v) is 7.70. The summed E-state index contributed by atoms with van der Waals surface area (Å²) in [7, 11) is 2.20. The van der Waals surface area contributed by atoms with Crippen LogP contribution in [0.15, 0.2) is 28.7 Å². The van der Waals surface area contributed by atoms with E-state index in [2.05, 4.69) is 57.5 Å². The third-order valence-corrected chi connectivity index (χ3v) is 3.87. The summed E-state index contributed by atoms with van der Waals surface area (Å²) < 4.78 is 1.15. The molecule has 2 rings (SSSR count). The lowest BCUT2D eigenvalue weighted by atomic mass is 10.2. The number of unbranched alkanes of at least 4 members (excludes halogenated alkanes) is 1. The lowest BCUT2D eigenvalue weighted by molar-refractivity contribution is 0.317. The molecular weight excluding hydrogens is 288 g/mol. The Bertz CT molecular complexity index is 346. The average Bonchev–Trinajstić information content (AvgIpc) is 3.16. The van der Waals surface area contributed by atoms with Crippen molar-refractivity contribution in [3.63, 3.8) is 0 Å². The van der Waals surface area contributed by atoms with E-state index in [0.717, 1.165) is 17.1 Å². The average molecular weight is 311 g/mol. The fourth-order valence-corrected chi connectivity index (χ4v) is 2.35. The van der Waals surface area contributed by atoms with E-state index in [1.54, 1.807) is 0 Å². The molecule has 0 bridgehead atoms. The largest absolute Gasteiger partial charge is 0.314 e. The van der Waals surface area contributed by atoms with Gasteiger partial charge in [-0.2, -0.15) is 0 Å². The zero-order valence-corrected chi connectivity index (χ0v) is 12.7. The molecule has 18 heavy (non-hydrogen) atoms. The predicted molar refractivity (Wildman–Crippen MR) is 80.7 cm³/mol. The molecule has 0 heterocycles. The van der Waals surface area contributed by atoms with Gasteiger partial charge >= 0.3 is 0 Å². The standard InChI is InChI=1S/C15H23BrN2/c1-18(11-3-2-10-17-15-8-9-15)12-13-4-6-14(16)7-5-13/h4-7,15,17H,2-3,8-12H2,1H3. The molecule has 1 saturated carbocycles. The van der Waals surface area contributed by atoms with Gasteiger partial charge in [0.15, 0.2) is 0 Å². The number of nitrogens with zero attached hydrogens (tertiary/aromatic N) is 1. The number of benzene rings is 1. The quantitative estimate of drug-likeness (QED) is 0.740. The van der Waals surface area contributed by atoms with E-state index in [1.165, 1.54) is 44.3 Å². The Hall–Kier alpha value is -0.380. The third kappa shape index (κ3) is 5.51. The molecule has 1 N–H and O–H groups in total. The van der Waals surface area contributed by atoms with E-state index < -0.39 is 0 Å². The third-order valence-electron chi connectivity index (χ3n) is 3.34. The number of rotatable bonds is 8. The predicted octanol–water partition coefficient (Wildman–Crippen LogP) is 3.41. The summed E-state index contributed by atoms with van der Waals surface area (Å²) in [6, 6.07) is 9.46. The molecule has 0 radical (unpaired) electrons. The van der Waals surface area contributed by atoms with Gasteiger partial charge in [-0.05, 0) is 63.5 Å². The van der Waals surface area contributed by atoms with Crippen LogP contribution in [0.2, 0.25) is 0 Å². The van der Waals surface area contributed by atoms with Gasteiger partial charge in [-0.15, -0.1) is 0 Å². The smallest absolute Gasteiger partial charge is 0.0230 e. The minimum absolute atomic E-state index is 0.852. The minimum atomic E-state index is 0.852. The normalized spacial score (nSPS) is 15.3. The van der Waals surface area contributed by atoms with Crippen LogP contribution in [-0.4, -0.2) is 31.1 Å². The first-order valence-electron chi connectivity index (χ1n) is 6.90. The van der Waals surface area contributed by atoms with Crippen molar-refractivity contribution in [1.29, 1.82) is 0 Å². The highest BCUT2D eigenvalue weighted by Crippen LogP contribution is 2.18. The Morgan fingerprint density at radius 2 is 1.94 bits per heavy atom. The van der Waals surface area contributed by atoms with Crippen molar-refractivity contribution >= 4 is 15.9 Å². The Labute approximate surface area is 119 Å². The van der Waals surface area contributed by atoms with Crippen molar-refractivity contribution in [2.45, 2.75) is 38.3 Å². The number of hydrogen-bond donors (Lipinski definition) is 1. The van der Waals surface area contributed by atoms with Gasteiger partial charge in [0.05, 0.1) is 0 Å². The van der Waals surface area contributed by atoms with Crippen molar-refractivity contribution in [2.24, 2.45) is 0 Å². The van der Waals surface area contributed by atoms with E-state index in [1.807, 2.05) is 0 Å². The molecular formula is C15H23BrN2. The summed E-state index contributed by atoms with van der Waals surface area (Å²) in [5, 5.41) is 3.56. The van der Waals surface area contributed by atoms with Crippen LogP contribution in [0.3, 0.4) is 0 Å². The van der Waals surface area contributed by atoms with Crippen LogP contribution in [0.25, 0.3) is 0 Å². The highest BCUT2D eigenvalue weighted by molar-refractivity contribution is 9.10. The molecule has 1 aliphatic carbocycles. The van der Waals surface area contributed by atoms with Gasteiger partial charge in [0.2, 0.25) is 0 Å². The maximum atomic E-state index is 3.56. The summed E-state index contributed by atoms with van der Waals surface area (Å²) in [5.74, 6) is 0. The summed E-state index contributed by atoms with van der Waals surface area (Å²) >= 11 is 3.47. The van der Waals surface area contributed by atoms with Gasteiger partial charge in [-0.1, -0.05) is 28.1 Å². The molecule has 3 heteroatoms. The molecule has 1 fully saturated rings. The molecule has 0 saturated heterocycles. The topological polar surface area (TPSA) is 15.3 Å². The molecule has 0 spiro atoms. The lowest BCUT2D eigenvalue weighted by Gasteiger charge is -2.16. The van der Waals surface area contributed by atoms with Crippen molar-refractivity contribution in [1.82, 2.24) is 10.2 Å². The van der Waals surface area contributed by atoms with E-state index >= 15 is 0 Å². The number of hydrogen-bond acceptors (Lipinski definition) is 2. The fourth-order valence-electron chi connectivity index (χ4n) is 2.08. The molecule has 0 atom stereocenters. The number of halogens is 1. The second-order valence-corrected chi connectivity index (χ2v) is 6.22. The van der Waals surface area contributed by atoms with Gasteiger partial charge < -0.3 is 10.2 Å². The molecule has 0 aliphatic heterocycles. The Kier molecular flexibility index (Phi) is 5.67. The minimum Gasteiger partial charge on any atom is -0.314 e. The van der Waals surface area contributed by atoms with Crippen LogP contribution in [0, 0.1) is 0 Å². The van der Waals surface area contributed by atoms with Crippen molar-refractivity contribution in [3.8, 4) is 0 Å². The summed E-state index contributed by atoms with van der Waals surface area (Å²) in [4.78, 5) is 2.40. The van der Waals surface area contributed by atoms with Gasteiger partial charge in [-0.3, -0.25) is 0 Å². The van der Waals surface area contributed by atoms with Gasteiger partial charge in [-0.25, -0.2) is 0 Å². The van der Waals surface area contributed by atoms with E-state index in [4.69, 9.17) is 0 Å². The maximum Gasteiger partial charge on any atom is 0.0230 e. The fraction of sp³-hybridized carbons (Fsp3) is 0.600.